The monoisotopic (exact) mass is 483 g/mol. The number of nitrogen functional groups attached to an aromatic ring is 1. The van der Waals surface area contributed by atoms with Crippen LogP contribution in [-0.4, -0.2) is 50.3 Å². The average molecular weight is 483 g/mol. The Bertz CT molecular complexity index is 1100. The van der Waals surface area contributed by atoms with Gasteiger partial charge in [-0.05, 0) is 44.1 Å². The van der Waals surface area contributed by atoms with Crippen molar-refractivity contribution in [3.63, 3.8) is 0 Å². The highest BCUT2D eigenvalue weighted by Gasteiger charge is 2.60. The SMILES string of the molecule is Nc1ncc(-c2cn([C@H]3CC4(N5CCC(F)(F)CC5)CC3C4)c(C3CC3)n2)cc1OC(F)(F)F. The molecule has 6 nitrogen and oxygen atoms in total. The van der Waals surface area contributed by atoms with E-state index in [1.165, 1.54) is 12.3 Å². The molecule has 7 rings (SSSR count). The molecule has 1 aliphatic heterocycles. The van der Waals surface area contributed by atoms with Crippen LogP contribution in [0.4, 0.5) is 27.8 Å². The number of alkyl halides is 5. The lowest BCUT2D eigenvalue weighted by Crippen LogP contribution is -2.56. The zero-order valence-corrected chi connectivity index (χ0v) is 18.5. The van der Waals surface area contributed by atoms with Gasteiger partial charge in [-0.15, -0.1) is 13.2 Å². The maximum atomic E-state index is 13.7. The highest BCUT2D eigenvalue weighted by atomic mass is 19.4. The molecule has 2 aromatic heterocycles. The molecule has 0 aromatic carbocycles. The first-order valence-electron chi connectivity index (χ1n) is 11.8. The van der Waals surface area contributed by atoms with Crippen LogP contribution in [0.15, 0.2) is 18.5 Å². The van der Waals surface area contributed by atoms with Crippen molar-refractivity contribution in [3.8, 4) is 17.0 Å². The van der Waals surface area contributed by atoms with Crippen LogP contribution in [0.5, 0.6) is 5.75 Å². The van der Waals surface area contributed by atoms with E-state index in [4.69, 9.17) is 10.7 Å². The number of imidazole rings is 1. The van der Waals surface area contributed by atoms with Crippen LogP contribution < -0.4 is 10.5 Å². The lowest BCUT2D eigenvalue weighted by atomic mass is 9.74. The van der Waals surface area contributed by atoms with E-state index in [1.807, 2.05) is 6.20 Å². The van der Waals surface area contributed by atoms with Crippen molar-refractivity contribution in [2.75, 3.05) is 18.8 Å². The van der Waals surface area contributed by atoms with Gasteiger partial charge >= 0.3 is 6.36 Å². The minimum atomic E-state index is -4.87. The molecule has 4 saturated carbocycles. The number of ether oxygens (including phenoxy) is 1. The lowest BCUT2D eigenvalue weighted by molar-refractivity contribution is -0.274. The smallest absolute Gasteiger partial charge is 0.402 e. The predicted octanol–water partition coefficient (Wildman–Crippen LogP) is 5.13. The summed E-state index contributed by atoms with van der Waals surface area (Å²) < 4.78 is 71.8. The van der Waals surface area contributed by atoms with E-state index in [0.717, 1.165) is 37.9 Å². The van der Waals surface area contributed by atoms with Crippen molar-refractivity contribution in [2.45, 2.75) is 74.7 Å². The van der Waals surface area contributed by atoms with Gasteiger partial charge in [0.2, 0.25) is 0 Å². The Morgan fingerprint density at radius 1 is 1.09 bits per heavy atom. The van der Waals surface area contributed by atoms with Gasteiger partial charge in [0.15, 0.2) is 11.6 Å². The van der Waals surface area contributed by atoms with Crippen molar-refractivity contribution in [2.24, 2.45) is 5.92 Å². The molecule has 11 heteroatoms. The fourth-order valence-corrected chi connectivity index (χ4v) is 6.19. The average Bonchev–Trinajstić information content (AvgIpc) is 3.21. The van der Waals surface area contributed by atoms with E-state index in [0.29, 0.717) is 36.2 Å². The number of anilines is 1. The van der Waals surface area contributed by atoms with Gasteiger partial charge in [0.25, 0.3) is 5.92 Å². The topological polar surface area (TPSA) is 69.2 Å². The number of nitrogens with two attached hydrogens (primary N) is 1. The van der Waals surface area contributed by atoms with Crippen LogP contribution in [0.25, 0.3) is 11.3 Å². The van der Waals surface area contributed by atoms with E-state index in [1.54, 1.807) is 0 Å². The van der Waals surface area contributed by atoms with Gasteiger partial charge in [0, 0.05) is 61.4 Å². The van der Waals surface area contributed by atoms with E-state index in [2.05, 4.69) is 19.2 Å². The van der Waals surface area contributed by atoms with Crippen LogP contribution in [0.1, 0.15) is 62.7 Å². The van der Waals surface area contributed by atoms with Gasteiger partial charge in [-0.2, -0.15) is 0 Å². The van der Waals surface area contributed by atoms with Gasteiger partial charge < -0.3 is 15.0 Å². The number of aromatic nitrogens is 3. The van der Waals surface area contributed by atoms with Crippen molar-refractivity contribution in [1.29, 1.82) is 0 Å². The first-order chi connectivity index (χ1) is 16.0. The molecule has 3 heterocycles. The van der Waals surface area contributed by atoms with E-state index in [9.17, 15) is 22.0 Å². The molecule has 2 aromatic rings. The molecule has 1 saturated heterocycles. The third-order valence-electron chi connectivity index (χ3n) is 8.05. The standard InChI is InChI=1S/C23H26F5N5O/c24-22(25)3-5-32(6-4-22)21-8-15(9-21)17(10-21)33-12-16(31-20(33)13-1-2-13)14-7-18(19(29)30-11-14)34-23(26,27)28/h7,11-13,15,17H,1-6,8-10H2,(H2,29,30)/t15?,17-,21?/m0/s1. The Hall–Kier alpha value is -2.43. The molecule has 184 valence electrons. The van der Waals surface area contributed by atoms with E-state index < -0.39 is 18.0 Å². The third-order valence-corrected chi connectivity index (χ3v) is 8.05. The zero-order chi connectivity index (χ0) is 23.9. The first kappa shape index (κ1) is 22.1. The maximum absolute atomic E-state index is 13.7. The maximum Gasteiger partial charge on any atom is 0.573 e. The van der Waals surface area contributed by atoms with Crippen LogP contribution in [0.2, 0.25) is 0 Å². The second-order valence-electron chi connectivity index (χ2n) is 10.3. The van der Waals surface area contributed by atoms with Gasteiger partial charge in [-0.25, -0.2) is 18.7 Å². The quantitative estimate of drug-likeness (QED) is 0.598. The molecule has 2 N–H and O–H groups in total. The summed E-state index contributed by atoms with van der Waals surface area (Å²) >= 11 is 0. The Labute approximate surface area is 193 Å². The Kier molecular flexibility index (Phi) is 4.73. The number of fused-ring (bicyclic) bond motifs is 1. The molecule has 0 spiro atoms. The van der Waals surface area contributed by atoms with Gasteiger partial charge in [-0.1, -0.05) is 0 Å². The third kappa shape index (κ3) is 3.81. The van der Waals surface area contributed by atoms with Crippen molar-refractivity contribution >= 4 is 5.82 Å². The summed E-state index contributed by atoms with van der Waals surface area (Å²) in [6.07, 6.45) is 3.21. The molecule has 0 amide bonds. The summed E-state index contributed by atoms with van der Waals surface area (Å²) in [5.74, 6) is -1.71. The van der Waals surface area contributed by atoms with Crippen LogP contribution in [0, 0.1) is 5.92 Å². The summed E-state index contributed by atoms with van der Waals surface area (Å²) in [5, 5.41) is 0. The summed E-state index contributed by atoms with van der Waals surface area (Å²) in [5.41, 5.74) is 6.51. The molecule has 34 heavy (non-hydrogen) atoms. The van der Waals surface area contributed by atoms with Gasteiger partial charge in [0.05, 0.1) is 5.69 Å². The fraction of sp³-hybridized carbons (Fsp3) is 0.652. The molecule has 0 radical (unpaired) electrons. The largest absolute Gasteiger partial charge is 0.573 e. The number of halogens is 5. The molecular weight excluding hydrogens is 457 g/mol. The molecule has 4 aliphatic carbocycles. The van der Waals surface area contributed by atoms with E-state index >= 15 is 0 Å². The number of hydrogen-bond donors (Lipinski definition) is 1. The first-order valence-corrected chi connectivity index (χ1v) is 11.8. The van der Waals surface area contributed by atoms with Gasteiger partial charge in [0.1, 0.15) is 5.82 Å². The highest BCUT2D eigenvalue weighted by Crippen LogP contribution is 2.62. The number of hydrogen-bond acceptors (Lipinski definition) is 5. The van der Waals surface area contributed by atoms with Gasteiger partial charge in [-0.3, -0.25) is 4.90 Å². The summed E-state index contributed by atoms with van der Waals surface area (Å²) in [6, 6.07) is 1.44. The lowest BCUT2D eigenvalue weighted by Gasteiger charge is -2.50. The molecule has 5 aliphatic rings. The second kappa shape index (κ2) is 7.29. The zero-order valence-electron chi connectivity index (χ0n) is 18.5. The Morgan fingerprint density at radius 2 is 1.79 bits per heavy atom. The molecule has 2 bridgehead atoms. The Balaban J connectivity index is 1.27. The van der Waals surface area contributed by atoms with Crippen molar-refractivity contribution < 1.29 is 26.7 Å². The van der Waals surface area contributed by atoms with Crippen molar-refractivity contribution in [1.82, 2.24) is 19.4 Å². The summed E-state index contributed by atoms with van der Waals surface area (Å²) in [6.45, 7) is 0.854. The van der Waals surface area contributed by atoms with Crippen LogP contribution in [0.3, 0.4) is 0 Å². The normalized spacial score (nSPS) is 30.9. The number of likely N-dealkylation sites (tertiary alicyclic amines) is 1. The summed E-state index contributed by atoms with van der Waals surface area (Å²) in [4.78, 5) is 10.9. The molecular formula is C23H26F5N5O. The second-order valence-corrected chi connectivity index (χ2v) is 10.3. The molecule has 5 fully saturated rings. The molecule has 1 atom stereocenters. The van der Waals surface area contributed by atoms with Crippen LogP contribution >= 0.6 is 0 Å². The van der Waals surface area contributed by atoms with Crippen LogP contribution in [-0.2, 0) is 0 Å². The Morgan fingerprint density at radius 3 is 2.44 bits per heavy atom. The highest BCUT2D eigenvalue weighted by molar-refractivity contribution is 5.64. The minimum absolute atomic E-state index is 0.0203. The number of piperidine rings is 1. The number of nitrogens with zero attached hydrogens (tertiary/aromatic N) is 4. The predicted molar refractivity (Wildman–Crippen MR) is 113 cm³/mol. The number of pyridine rings is 1. The van der Waals surface area contributed by atoms with Crippen molar-refractivity contribution in [3.05, 3.63) is 24.3 Å². The molecule has 0 unspecified atom stereocenters. The fourth-order valence-electron chi connectivity index (χ4n) is 6.19. The number of rotatable bonds is 5. The minimum Gasteiger partial charge on any atom is -0.402 e. The summed E-state index contributed by atoms with van der Waals surface area (Å²) in [7, 11) is 0. The van der Waals surface area contributed by atoms with E-state index in [-0.39, 0.29) is 30.2 Å².